The van der Waals surface area contributed by atoms with Crippen LogP contribution in [-0.2, 0) is 19.2 Å². The molecule has 0 aliphatic carbocycles. The molecule has 0 saturated carbocycles. The molecule has 1 rings (SSSR count). The van der Waals surface area contributed by atoms with Crippen molar-refractivity contribution in [2.75, 3.05) is 0 Å². The van der Waals surface area contributed by atoms with Crippen molar-refractivity contribution in [2.24, 2.45) is 0 Å². The van der Waals surface area contributed by atoms with Crippen molar-refractivity contribution in [1.29, 1.82) is 0 Å². The molecule has 1 unspecified atom stereocenters. The molecule has 1 aromatic rings. The molecule has 0 nitrogen and oxygen atoms in total. The Morgan fingerprint density at radius 3 is 2.40 bits per heavy atom. The molecule has 0 fully saturated rings. The van der Waals surface area contributed by atoms with Gasteiger partial charge in [-0.15, -0.1) is 0 Å². The molecule has 10 heavy (non-hydrogen) atoms. The Balaban J connectivity index is 2.84. The van der Waals surface area contributed by atoms with Gasteiger partial charge in [0.25, 0.3) is 0 Å². The fourth-order valence-electron chi connectivity index (χ4n) is 0.761. The van der Waals surface area contributed by atoms with Crippen molar-refractivity contribution in [3.63, 3.8) is 0 Å². The molecule has 0 saturated heterocycles. The van der Waals surface area contributed by atoms with E-state index in [1.807, 2.05) is 24.3 Å². The summed E-state index contributed by atoms with van der Waals surface area (Å²) in [5, 5.41) is 0. The molecule has 0 bridgehead atoms. The van der Waals surface area contributed by atoms with E-state index < -0.39 is 0 Å². The summed E-state index contributed by atoms with van der Waals surface area (Å²) in [5.74, 6) is 0. The van der Waals surface area contributed by atoms with Crippen LogP contribution in [0.2, 0.25) is 0 Å². The minimum atomic E-state index is 0.323. The van der Waals surface area contributed by atoms with E-state index in [9.17, 15) is 0 Å². The summed E-state index contributed by atoms with van der Waals surface area (Å²) < 4.78 is 0.323. The first-order valence-electron chi connectivity index (χ1n) is 3.12. The van der Waals surface area contributed by atoms with Crippen LogP contribution in [0.15, 0.2) is 43.0 Å². The van der Waals surface area contributed by atoms with Crippen LogP contribution in [0.3, 0.4) is 0 Å². The second kappa shape index (κ2) is 3.71. The average Bonchev–Trinajstić information content (AvgIpc) is 2.05. The van der Waals surface area contributed by atoms with Crippen LogP contribution in [0.1, 0.15) is 9.95 Å². The van der Waals surface area contributed by atoms with Gasteiger partial charge in [-0.25, -0.2) is 0 Å². The zero-order valence-electron chi connectivity index (χ0n) is 5.56. The van der Waals surface area contributed by atoms with Crippen LogP contribution in [0, 0.1) is 0 Å². The summed E-state index contributed by atoms with van der Waals surface area (Å²) in [7, 11) is 0. The molecule has 0 aliphatic rings. The predicted octanol–water partition coefficient (Wildman–Crippen LogP) is 2.46. The van der Waals surface area contributed by atoms with Crippen LogP contribution in [-0.4, -0.2) is 0 Å². The fourth-order valence-corrected chi connectivity index (χ4v) is 1.06. The molecule has 55 valence electrons. The van der Waals surface area contributed by atoms with E-state index in [0.29, 0.717) is 4.39 Å². The third-order valence-electron chi connectivity index (χ3n) is 1.29. The summed E-state index contributed by atoms with van der Waals surface area (Å²) in [6.07, 6.45) is 1.89. The molecule has 0 radical (unpaired) electrons. The molecule has 1 aromatic carbocycles. The summed E-state index contributed by atoms with van der Waals surface area (Å²) in [5.41, 5.74) is 1.26. The molecule has 1 atom stereocenters. The van der Waals surface area contributed by atoms with Crippen molar-refractivity contribution in [1.82, 2.24) is 0 Å². The molecule has 0 aromatic heterocycles. The Labute approximate surface area is 72.4 Å². The van der Waals surface area contributed by atoms with Crippen molar-refractivity contribution in [3.8, 4) is 0 Å². The van der Waals surface area contributed by atoms with Crippen LogP contribution < -0.4 is 0 Å². The van der Waals surface area contributed by atoms with Crippen molar-refractivity contribution in [2.45, 2.75) is 4.39 Å². The van der Waals surface area contributed by atoms with E-state index >= 15 is 0 Å². The van der Waals surface area contributed by atoms with Gasteiger partial charge in [0.05, 0.1) is 0 Å². The van der Waals surface area contributed by atoms with Crippen LogP contribution >= 0.6 is 0 Å². The minimum absolute atomic E-state index is 0.323. The molecule has 0 N–H and O–H groups in total. The van der Waals surface area contributed by atoms with Gasteiger partial charge < -0.3 is 0 Å². The quantitative estimate of drug-likeness (QED) is 0.534. The Morgan fingerprint density at radius 2 is 1.90 bits per heavy atom. The molecule has 1 heteroatoms. The fraction of sp³-hybridized carbons (Fsp3) is 0.111. The Kier molecular flexibility index (Phi) is 2.87. The van der Waals surface area contributed by atoms with Gasteiger partial charge in [0, 0.05) is 0 Å². The summed E-state index contributed by atoms with van der Waals surface area (Å²) in [4.78, 5) is 0. The van der Waals surface area contributed by atoms with Crippen molar-refractivity contribution < 1.29 is 19.2 Å². The van der Waals surface area contributed by atoms with E-state index in [2.05, 4.69) is 37.9 Å². The first-order valence-corrected chi connectivity index (χ1v) is 4.02. The van der Waals surface area contributed by atoms with E-state index in [0.717, 1.165) is 0 Å². The second-order valence-electron chi connectivity index (χ2n) is 2.01. The van der Waals surface area contributed by atoms with Gasteiger partial charge in [-0.05, 0) is 0 Å². The van der Waals surface area contributed by atoms with Crippen molar-refractivity contribution >= 4 is 0 Å². The number of rotatable bonds is 2. The monoisotopic (exact) mass is 223 g/mol. The van der Waals surface area contributed by atoms with Crippen LogP contribution in [0.5, 0.6) is 0 Å². The zero-order valence-corrected chi connectivity index (χ0v) is 7.12. The SMILES string of the molecule is C=C[CH]([Pd])c1ccccc1. The van der Waals surface area contributed by atoms with Crippen molar-refractivity contribution in [3.05, 3.63) is 48.6 Å². The zero-order chi connectivity index (χ0) is 7.40. The molecular weight excluding hydrogens is 215 g/mol. The van der Waals surface area contributed by atoms with Gasteiger partial charge in [-0.2, -0.15) is 0 Å². The van der Waals surface area contributed by atoms with Crippen LogP contribution in [0.4, 0.5) is 0 Å². The van der Waals surface area contributed by atoms with E-state index in [-0.39, 0.29) is 0 Å². The van der Waals surface area contributed by atoms with E-state index in [1.54, 1.807) is 0 Å². The van der Waals surface area contributed by atoms with Gasteiger partial charge in [0.15, 0.2) is 0 Å². The first kappa shape index (κ1) is 7.73. The Morgan fingerprint density at radius 1 is 1.30 bits per heavy atom. The van der Waals surface area contributed by atoms with Gasteiger partial charge in [-0.3, -0.25) is 0 Å². The summed E-state index contributed by atoms with van der Waals surface area (Å²) in [6, 6.07) is 10.2. The molecule has 0 spiro atoms. The standard InChI is InChI=1S/C9H9.Pd/c1-2-6-9-7-4-3-5-8-9;/h2-8H,1H2;. The van der Waals surface area contributed by atoms with Gasteiger partial charge in [0.2, 0.25) is 0 Å². The average molecular weight is 224 g/mol. The number of hydrogen-bond donors (Lipinski definition) is 0. The maximum atomic E-state index is 3.70. The number of benzene rings is 1. The summed E-state index contributed by atoms with van der Waals surface area (Å²) >= 11 is 3.20. The second-order valence-corrected chi connectivity index (χ2v) is 2.98. The van der Waals surface area contributed by atoms with Gasteiger partial charge in [-0.1, -0.05) is 0 Å². The number of allylic oxidation sites excluding steroid dienone is 1. The Bertz CT molecular complexity index is 203. The third kappa shape index (κ3) is 1.80. The first-order chi connectivity index (χ1) is 4.84. The maximum absolute atomic E-state index is 3.70. The van der Waals surface area contributed by atoms with E-state index in [4.69, 9.17) is 0 Å². The normalized spacial score (nSPS) is 12.6. The van der Waals surface area contributed by atoms with Gasteiger partial charge >= 0.3 is 72.1 Å². The topological polar surface area (TPSA) is 0 Å². The van der Waals surface area contributed by atoms with E-state index in [1.165, 1.54) is 5.56 Å². The third-order valence-corrected chi connectivity index (χ3v) is 2.17. The molecule has 0 heterocycles. The van der Waals surface area contributed by atoms with Gasteiger partial charge in [0.1, 0.15) is 0 Å². The summed E-state index contributed by atoms with van der Waals surface area (Å²) in [6.45, 7) is 3.70. The molecule has 0 amide bonds. The molecule has 0 aliphatic heterocycles. The number of hydrogen-bond acceptors (Lipinski definition) is 0. The Hall–Kier alpha value is -0.378. The molecular formula is C9H9Pd. The van der Waals surface area contributed by atoms with Crippen LogP contribution in [0.25, 0.3) is 0 Å². The predicted molar refractivity (Wildman–Crippen MR) is 39.4 cm³/mol.